The number of rotatable bonds is 2. The Morgan fingerprint density at radius 1 is 1.29 bits per heavy atom. The molecular formula is C17H21N3O4. The third-order valence-electron chi connectivity index (χ3n) is 4.88. The molecule has 7 heteroatoms. The molecule has 1 saturated heterocycles. The largest absolute Gasteiger partial charge is 0.469 e. The third-order valence-corrected chi connectivity index (χ3v) is 4.88. The summed E-state index contributed by atoms with van der Waals surface area (Å²) in [5.41, 5.74) is -0.979. The van der Waals surface area contributed by atoms with Crippen LogP contribution in [0.2, 0.25) is 0 Å². The zero-order chi connectivity index (χ0) is 17.3. The average Bonchev–Trinajstić information content (AvgIpc) is 2.60. The predicted octanol–water partition coefficient (Wildman–Crippen LogP) is 0.871. The van der Waals surface area contributed by atoms with Crippen LogP contribution >= 0.6 is 0 Å². The number of aliphatic imine (C=N–C) groups is 1. The van der Waals surface area contributed by atoms with E-state index >= 15 is 0 Å². The van der Waals surface area contributed by atoms with Crippen molar-refractivity contribution in [1.29, 1.82) is 0 Å². The van der Waals surface area contributed by atoms with E-state index in [-0.39, 0.29) is 30.1 Å². The molecule has 0 aromatic rings. The molecule has 128 valence electrons. The maximum Gasteiger partial charge on any atom is 0.308 e. The highest BCUT2D eigenvalue weighted by Gasteiger charge is 2.47. The lowest BCUT2D eigenvalue weighted by Gasteiger charge is -2.45. The molecule has 1 fully saturated rings. The van der Waals surface area contributed by atoms with Gasteiger partial charge in [0.15, 0.2) is 0 Å². The van der Waals surface area contributed by atoms with Crippen molar-refractivity contribution >= 4 is 23.6 Å². The molecule has 1 atom stereocenters. The third kappa shape index (κ3) is 2.74. The second-order valence-corrected chi connectivity index (χ2v) is 6.47. The van der Waals surface area contributed by atoms with Crippen molar-refractivity contribution in [2.24, 2.45) is 10.9 Å². The topological polar surface area (TPSA) is 79.3 Å². The Balaban J connectivity index is 1.76. The standard InChI is InChI=1S/C17H21N3O4/c1-17(11-14(21)18-13-5-3-4-8-20(13)17)16(23)19-9-6-12(7-10-19)15(22)24-2/h3-5,8,12H,6-7,9-11H2,1-2H3. The first kappa shape index (κ1) is 16.4. The lowest BCUT2D eigenvalue weighted by Crippen LogP contribution is -2.61. The van der Waals surface area contributed by atoms with Crippen molar-refractivity contribution in [2.75, 3.05) is 20.2 Å². The summed E-state index contributed by atoms with van der Waals surface area (Å²) in [5, 5.41) is 0. The van der Waals surface area contributed by atoms with Crippen LogP contribution in [0.15, 0.2) is 29.4 Å². The number of ether oxygens (including phenoxy) is 1. The molecule has 0 aromatic heterocycles. The van der Waals surface area contributed by atoms with Gasteiger partial charge < -0.3 is 14.5 Å². The Bertz CT molecular complexity index is 659. The van der Waals surface area contributed by atoms with Crippen LogP contribution in [-0.2, 0) is 19.1 Å². The fraction of sp³-hybridized carbons (Fsp3) is 0.529. The summed E-state index contributed by atoms with van der Waals surface area (Å²) in [4.78, 5) is 44.3. The molecule has 0 saturated carbocycles. The van der Waals surface area contributed by atoms with Crippen molar-refractivity contribution in [1.82, 2.24) is 9.80 Å². The average molecular weight is 331 g/mol. The summed E-state index contributed by atoms with van der Waals surface area (Å²) in [5.74, 6) is -0.281. The molecule has 3 aliphatic rings. The maximum absolute atomic E-state index is 13.1. The molecule has 0 radical (unpaired) electrons. The smallest absolute Gasteiger partial charge is 0.308 e. The highest BCUT2D eigenvalue weighted by Crippen LogP contribution is 2.31. The number of likely N-dealkylation sites (tertiary alicyclic amines) is 1. The molecule has 1 unspecified atom stereocenters. The second kappa shape index (κ2) is 6.22. The quantitative estimate of drug-likeness (QED) is 0.702. The number of nitrogens with zero attached hydrogens (tertiary/aromatic N) is 3. The molecule has 3 rings (SSSR count). The summed E-state index contributed by atoms with van der Waals surface area (Å²) in [6.45, 7) is 2.75. The SMILES string of the molecule is COC(=O)C1CCN(C(=O)C2(C)CC(=O)N=C3C=CC=CN32)CC1. The Kier molecular flexibility index (Phi) is 4.26. The van der Waals surface area contributed by atoms with E-state index in [1.54, 1.807) is 35.1 Å². The van der Waals surface area contributed by atoms with Crippen LogP contribution in [0.1, 0.15) is 26.2 Å². The van der Waals surface area contributed by atoms with E-state index in [0.29, 0.717) is 31.8 Å². The van der Waals surface area contributed by atoms with Crippen LogP contribution in [0.3, 0.4) is 0 Å². The molecular weight excluding hydrogens is 310 g/mol. The van der Waals surface area contributed by atoms with Gasteiger partial charge >= 0.3 is 5.97 Å². The molecule has 0 aliphatic carbocycles. The fourth-order valence-electron chi connectivity index (χ4n) is 3.49. The fourth-order valence-corrected chi connectivity index (χ4v) is 3.49. The number of amidine groups is 1. The Morgan fingerprint density at radius 3 is 2.67 bits per heavy atom. The zero-order valence-electron chi connectivity index (χ0n) is 13.9. The van der Waals surface area contributed by atoms with Crippen molar-refractivity contribution in [3.8, 4) is 0 Å². The van der Waals surface area contributed by atoms with Gasteiger partial charge in [0, 0.05) is 19.3 Å². The van der Waals surface area contributed by atoms with Gasteiger partial charge in [0.2, 0.25) is 5.91 Å². The van der Waals surface area contributed by atoms with Gasteiger partial charge in [-0.3, -0.25) is 14.4 Å². The van der Waals surface area contributed by atoms with Crippen molar-refractivity contribution in [3.63, 3.8) is 0 Å². The summed E-state index contributed by atoms with van der Waals surface area (Å²) in [6.07, 6.45) is 8.34. The molecule has 0 spiro atoms. The summed E-state index contributed by atoms with van der Waals surface area (Å²) in [6, 6.07) is 0. The number of amides is 2. The van der Waals surface area contributed by atoms with Gasteiger partial charge in [-0.05, 0) is 31.9 Å². The molecule has 2 amide bonds. The number of carbonyl (C=O) groups excluding carboxylic acids is 3. The molecule has 3 aliphatic heterocycles. The monoisotopic (exact) mass is 331 g/mol. The molecule has 24 heavy (non-hydrogen) atoms. The number of methoxy groups -OCH3 is 1. The Labute approximate surface area is 140 Å². The van der Waals surface area contributed by atoms with Gasteiger partial charge in [-0.1, -0.05) is 6.08 Å². The van der Waals surface area contributed by atoms with Gasteiger partial charge in [-0.15, -0.1) is 0 Å². The van der Waals surface area contributed by atoms with Crippen molar-refractivity contribution in [3.05, 3.63) is 24.4 Å². The zero-order valence-corrected chi connectivity index (χ0v) is 13.9. The number of fused-ring (bicyclic) bond motifs is 1. The number of hydrogen-bond donors (Lipinski definition) is 0. The second-order valence-electron chi connectivity index (χ2n) is 6.47. The molecule has 7 nitrogen and oxygen atoms in total. The predicted molar refractivity (Wildman–Crippen MR) is 86.9 cm³/mol. The molecule has 3 heterocycles. The first-order valence-corrected chi connectivity index (χ1v) is 8.08. The van der Waals surface area contributed by atoms with E-state index in [9.17, 15) is 14.4 Å². The summed E-state index contributed by atoms with van der Waals surface area (Å²) >= 11 is 0. The first-order chi connectivity index (χ1) is 11.5. The highest BCUT2D eigenvalue weighted by atomic mass is 16.5. The Hall–Kier alpha value is -2.44. The number of esters is 1. The van der Waals surface area contributed by atoms with E-state index in [1.165, 1.54) is 7.11 Å². The minimum Gasteiger partial charge on any atom is -0.469 e. The number of allylic oxidation sites excluding steroid dienone is 2. The number of piperidine rings is 1. The van der Waals surface area contributed by atoms with E-state index in [2.05, 4.69) is 4.99 Å². The first-order valence-electron chi connectivity index (χ1n) is 8.08. The molecule has 0 aromatic carbocycles. The van der Waals surface area contributed by atoms with Crippen LogP contribution in [0.5, 0.6) is 0 Å². The van der Waals surface area contributed by atoms with Crippen LogP contribution < -0.4 is 0 Å². The minimum absolute atomic E-state index is 0.0461. The molecule has 0 bridgehead atoms. The highest BCUT2D eigenvalue weighted by molar-refractivity contribution is 6.09. The van der Waals surface area contributed by atoms with Gasteiger partial charge in [0.1, 0.15) is 11.4 Å². The summed E-state index contributed by atoms with van der Waals surface area (Å²) < 4.78 is 4.78. The number of hydrogen-bond acceptors (Lipinski definition) is 5. The van der Waals surface area contributed by atoms with Crippen LogP contribution in [0.25, 0.3) is 0 Å². The van der Waals surface area contributed by atoms with Crippen LogP contribution in [0, 0.1) is 5.92 Å². The maximum atomic E-state index is 13.1. The normalized spacial score (nSPS) is 26.9. The lowest BCUT2D eigenvalue weighted by molar-refractivity contribution is -0.151. The van der Waals surface area contributed by atoms with Crippen LogP contribution in [0.4, 0.5) is 0 Å². The van der Waals surface area contributed by atoms with E-state index < -0.39 is 5.54 Å². The van der Waals surface area contributed by atoms with Gasteiger partial charge in [0.25, 0.3) is 5.91 Å². The van der Waals surface area contributed by atoms with Gasteiger partial charge in [0.05, 0.1) is 19.4 Å². The lowest BCUT2D eigenvalue weighted by atomic mass is 9.88. The van der Waals surface area contributed by atoms with Gasteiger partial charge in [-0.25, -0.2) is 0 Å². The van der Waals surface area contributed by atoms with E-state index in [1.807, 2.05) is 6.08 Å². The van der Waals surface area contributed by atoms with Crippen molar-refractivity contribution in [2.45, 2.75) is 31.7 Å². The van der Waals surface area contributed by atoms with Crippen LogP contribution in [-0.4, -0.2) is 59.2 Å². The van der Waals surface area contributed by atoms with E-state index in [4.69, 9.17) is 4.74 Å². The Morgan fingerprint density at radius 2 is 2.00 bits per heavy atom. The number of carbonyl (C=O) groups is 3. The van der Waals surface area contributed by atoms with Gasteiger partial charge in [-0.2, -0.15) is 4.99 Å². The molecule has 0 N–H and O–H groups in total. The summed E-state index contributed by atoms with van der Waals surface area (Å²) in [7, 11) is 1.38. The van der Waals surface area contributed by atoms with E-state index in [0.717, 1.165) is 0 Å². The minimum atomic E-state index is -0.979. The van der Waals surface area contributed by atoms with Crippen molar-refractivity contribution < 1.29 is 19.1 Å².